The van der Waals surface area contributed by atoms with Crippen molar-refractivity contribution in [1.29, 1.82) is 0 Å². The zero-order valence-corrected chi connectivity index (χ0v) is 12.5. The summed E-state index contributed by atoms with van der Waals surface area (Å²) in [5.74, 6) is -0.400. The predicted octanol–water partition coefficient (Wildman–Crippen LogP) is 2.72. The van der Waals surface area contributed by atoms with Crippen LogP contribution >= 0.6 is 0 Å². The van der Waals surface area contributed by atoms with Crippen LogP contribution in [-0.2, 0) is 6.54 Å². The summed E-state index contributed by atoms with van der Waals surface area (Å²) in [6.45, 7) is 4.30. The summed E-state index contributed by atoms with van der Waals surface area (Å²) in [5, 5.41) is 2.71. The number of amides is 1. The molecule has 1 N–H and O–H groups in total. The number of nitrogens with one attached hydrogen (secondary N) is 1. The van der Waals surface area contributed by atoms with Gasteiger partial charge in [0.05, 0.1) is 17.9 Å². The lowest BCUT2D eigenvalue weighted by molar-refractivity contribution is 0.0950. The van der Waals surface area contributed by atoms with Crippen molar-refractivity contribution in [3.05, 3.63) is 53.7 Å². The van der Waals surface area contributed by atoms with E-state index in [9.17, 15) is 9.18 Å². The molecule has 1 atom stereocenters. The molecular formula is C16H18FN3O2. The molecule has 2 heterocycles. The van der Waals surface area contributed by atoms with Crippen LogP contribution in [0.5, 0.6) is 5.88 Å². The number of carbonyl (C=O) groups excluding carboxylic acids is 1. The number of halogens is 1. The molecule has 0 bridgehead atoms. The van der Waals surface area contributed by atoms with Gasteiger partial charge < -0.3 is 10.1 Å². The van der Waals surface area contributed by atoms with Crippen LogP contribution in [0.15, 0.2) is 36.8 Å². The van der Waals surface area contributed by atoms with E-state index in [1.54, 1.807) is 18.3 Å². The normalized spacial score (nSPS) is 11.8. The Morgan fingerprint density at radius 1 is 1.41 bits per heavy atom. The Labute approximate surface area is 128 Å². The third-order valence-corrected chi connectivity index (χ3v) is 3.12. The SMILES string of the molecule is CC[C@@H](C)Oc1cc(CNC(=O)c2cncc(F)c2)ccn1. The van der Waals surface area contributed by atoms with Crippen molar-refractivity contribution in [3.8, 4) is 5.88 Å². The second-order valence-corrected chi connectivity index (χ2v) is 4.91. The molecule has 116 valence electrons. The first-order chi connectivity index (χ1) is 10.6. The average molecular weight is 303 g/mol. The van der Waals surface area contributed by atoms with Crippen molar-refractivity contribution in [2.75, 3.05) is 0 Å². The minimum atomic E-state index is -0.541. The second-order valence-electron chi connectivity index (χ2n) is 4.91. The van der Waals surface area contributed by atoms with Gasteiger partial charge in [-0.1, -0.05) is 6.92 Å². The van der Waals surface area contributed by atoms with Crippen LogP contribution in [0.2, 0.25) is 0 Å². The summed E-state index contributed by atoms with van der Waals surface area (Å²) in [5.41, 5.74) is 1.04. The van der Waals surface area contributed by atoms with E-state index in [1.165, 1.54) is 6.20 Å². The third kappa shape index (κ3) is 4.51. The smallest absolute Gasteiger partial charge is 0.253 e. The number of aromatic nitrogens is 2. The van der Waals surface area contributed by atoms with Crippen LogP contribution in [-0.4, -0.2) is 22.0 Å². The predicted molar refractivity (Wildman–Crippen MR) is 80.0 cm³/mol. The first-order valence-corrected chi connectivity index (χ1v) is 7.09. The number of carbonyl (C=O) groups is 1. The molecule has 0 aromatic carbocycles. The fourth-order valence-corrected chi connectivity index (χ4v) is 1.73. The molecule has 0 unspecified atom stereocenters. The van der Waals surface area contributed by atoms with Crippen molar-refractivity contribution in [3.63, 3.8) is 0 Å². The van der Waals surface area contributed by atoms with Gasteiger partial charge in [0.1, 0.15) is 5.82 Å². The molecule has 0 fully saturated rings. The topological polar surface area (TPSA) is 64.1 Å². The summed E-state index contributed by atoms with van der Waals surface area (Å²) in [4.78, 5) is 19.7. The van der Waals surface area contributed by atoms with Gasteiger partial charge in [0, 0.05) is 25.0 Å². The summed E-state index contributed by atoms with van der Waals surface area (Å²) >= 11 is 0. The molecule has 0 saturated carbocycles. The van der Waals surface area contributed by atoms with Crippen molar-refractivity contribution >= 4 is 5.91 Å². The number of hydrogen-bond donors (Lipinski definition) is 1. The fraction of sp³-hybridized carbons (Fsp3) is 0.312. The van der Waals surface area contributed by atoms with Crippen LogP contribution in [0.1, 0.15) is 36.2 Å². The lowest BCUT2D eigenvalue weighted by atomic mass is 10.2. The maximum absolute atomic E-state index is 13.0. The van der Waals surface area contributed by atoms with E-state index in [0.29, 0.717) is 12.4 Å². The van der Waals surface area contributed by atoms with Gasteiger partial charge in [0.15, 0.2) is 0 Å². The molecule has 0 spiro atoms. The Balaban J connectivity index is 1.96. The maximum atomic E-state index is 13.0. The monoisotopic (exact) mass is 303 g/mol. The van der Waals surface area contributed by atoms with Gasteiger partial charge in [0.25, 0.3) is 5.91 Å². The molecule has 0 aliphatic carbocycles. The number of hydrogen-bond acceptors (Lipinski definition) is 4. The number of nitrogens with zero attached hydrogens (tertiary/aromatic N) is 2. The molecule has 0 aliphatic heterocycles. The number of rotatable bonds is 6. The van der Waals surface area contributed by atoms with Gasteiger partial charge in [0.2, 0.25) is 5.88 Å². The van der Waals surface area contributed by atoms with Gasteiger partial charge in [-0.25, -0.2) is 9.37 Å². The largest absolute Gasteiger partial charge is 0.475 e. The molecule has 0 aliphatic rings. The van der Waals surface area contributed by atoms with Gasteiger partial charge in [-0.05, 0) is 31.0 Å². The van der Waals surface area contributed by atoms with Crippen LogP contribution in [0, 0.1) is 5.82 Å². The second kappa shape index (κ2) is 7.49. The standard InChI is InChI=1S/C16H18FN3O2/c1-3-11(2)22-15-6-12(4-5-19-15)8-20-16(21)13-7-14(17)10-18-9-13/h4-7,9-11H,3,8H2,1-2H3,(H,20,21)/t11-/m1/s1. The molecule has 1 amide bonds. The summed E-state index contributed by atoms with van der Waals surface area (Å²) in [6, 6.07) is 4.70. The maximum Gasteiger partial charge on any atom is 0.253 e. The Hall–Kier alpha value is -2.50. The highest BCUT2D eigenvalue weighted by molar-refractivity contribution is 5.93. The van der Waals surface area contributed by atoms with E-state index in [0.717, 1.165) is 24.2 Å². The molecule has 22 heavy (non-hydrogen) atoms. The Kier molecular flexibility index (Phi) is 5.41. The zero-order chi connectivity index (χ0) is 15.9. The molecule has 2 aromatic heterocycles. The van der Waals surface area contributed by atoms with Gasteiger partial charge >= 0.3 is 0 Å². The molecule has 2 rings (SSSR count). The lowest BCUT2D eigenvalue weighted by Gasteiger charge is -2.12. The first kappa shape index (κ1) is 15.9. The quantitative estimate of drug-likeness (QED) is 0.891. The zero-order valence-electron chi connectivity index (χ0n) is 12.5. The summed E-state index contributed by atoms with van der Waals surface area (Å²) < 4.78 is 18.7. The Morgan fingerprint density at radius 3 is 2.95 bits per heavy atom. The van der Waals surface area contributed by atoms with Crippen molar-refractivity contribution < 1.29 is 13.9 Å². The summed E-state index contributed by atoms with van der Waals surface area (Å²) in [7, 11) is 0. The van der Waals surface area contributed by atoms with Crippen LogP contribution in [0.4, 0.5) is 4.39 Å². The Bertz CT molecular complexity index is 649. The van der Waals surface area contributed by atoms with Gasteiger partial charge in [-0.15, -0.1) is 0 Å². The van der Waals surface area contributed by atoms with E-state index >= 15 is 0 Å². The molecule has 6 heteroatoms. The van der Waals surface area contributed by atoms with Crippen molar-refractivity contribution in [2.24, 2.45) is 0 Å². The lowest BCUT2D eigenvalue weighted by Crippen LogP contribution is -2.23. The minimum absolute atomic E-state index is 0.0794. The highest BCUT2D eigenvalue weighted by Gasteiger charge is 2.08. The fourth-order valence-electron chi connectivity index (χ4n) is 1.73. The molecular weight excluding hydrogens is 285 g/mol. The van der Waals surface area contributed by atoms with E-state index in [-0.39, 0.29) is 17.6 Å². The van der Waals surface area contributed by atoms with Gasteiger partial charge in [-0.3, -0.25) is 9.78 Å². The number of ether oxygens (including phenoxy) is 1. The molecule has 2 aromatic rings. The summed E-state index contributed by atoms with van der Waals surface area (Å²) in [6.07, 6.45) is 4.97. The van der Waals surface area contributed by atoms with E-state index in [1.807, 2.05) is 13.8 Å². The van der Waals surface area contributed by atoms with Crippen LogP contribution < -0.4 is 10.1 Å². The van der Waals surface area contributed by atoms with Gasteiger partial charge in [-0.2, -0.15) is 0 Å². The Morgan fingerprint density at radius 2 is 2.23 bits per heavy atom. The van der Waals surface area contributed by atoms with Crippen molar-refractivity contribution in [1.82, 2.24) is 15.3 Å². The minimum Gasteiger partial charge on any atom is -0.475 e. The average Bonchev–Trinajstić information content (AvgIpc) is 2.53. The van der Waals surface area contributed by atoms with E-state index < -0.39 is 5.82 Å². The van der Waals surface area contributed by atoms with E-state index in [4.69, 9.17) is 4.74 Å². The number of pyridine rings is 2. The third-order valence-electron chi connectivity index (χ3n) is 3.12. The van der Waals surface area contributed by atoms with Crippen molar-refractivity contribution in [2.45, 2.75) is 32.9 Å². The highest BCUT2D eigenvalue weighted by atomic mass is 19.1. The van der Waals surface area contributed by atoms with Crippen LogP contribution in [0.25, 0.3) is 0 Å². The molecule has 0 saturated heterocycles. The van der Waals surface area contributed by atoms with Crippen LogP contribution in [0.3, 0.4) is 0 Å². The molecule has 0 radical (unpaired) electrons. The highest BCUT2D eigenvalue weighted by Crippen LogP contribution is 2.12. The van der Waals surface area contributed by atoms with E-state index in [2.05, 4.69) is 15.3 Å². The first-order valence-electron chi connectivity index (χ1n) is 7.09. The molecule has 5 nitrogen and oxygen atoms in total.